The summed E-state index contributed by atoms with van der Waals surface area (Å²) in [6.45, 7) is 0.616. The molecule has 1 aromatic carbocycles. The zero-order valence-electron chi connectivity index (χ0n) is 9.21. The number of rotatable bonds is 1. The van der Waals surface area contributed by atoms with Gasteiger partial charge in [-0.15, -0.1) is 0 Å². The highest BCUT2D eigenvalue weighted by Crippen LogP contribution is 2.32. The molecule has 2 aromatic rings. The Balaban J connectivity index is 1.98. The quantitative estimate of drug-likeness (QED) is 0.849. The Morgan fingerprint density at radius 1 is 1.28 bits per heavy atom. The van der Waals surface area contributed by atoms with E-state index in [4.69, 9.17) is 4.74 Å². The van der Waals surface area contributed by atoms with E-state index in [0.29, 0.717) is 12.2 Å². The van der Waals surface area contributed by atoms with Crippen molar-refractivity contribution in [2.24, 2.45) is 0 Å². The lowest BCUT2D eigenvalue weighted by atomic mass is 10.1. The molecule has 0 radical (unpaired) electrons. The summed E-state index contributed by atoms with van der Waals surface area (Å²) in [6.07, 6.45) is -2.82. The highest BCUT2D eigenvalue weighted by molar-refractivity contribution is 5.59. The lowest BCUT2D eigenvalue weighted by molar-refractivity contribution is -0.140. The zero-order valence-corrected chi connectivity index (χ0v) is 9.21. The molecule has 94 valence electrons. The van der Waals surface area contributed by atoms with Gasteiger partial charge in [0.05, 0.1) is 12.8 Å². The van der Waals surface area contributed by atoms with Crippen LogP contribution in [0, 0.1) is 0 Å². The van der Waals surface area contributed by atoms with Gasteiger partial charge in [0.2, 0.25) is 0 Å². The van der Waals surface area contributed by atoms with Crippen LogP contribution in [0.2, 0.25) is 0 Å². The number of hydrogen-bond acceptors (Lipinski definition) is 2. The summed E-state index contributed by atoms with van der Waals surface area (Å²) >= 11 is 0. The van der Waals surface area contributed by atoms with E-state index in [1.807, 2.05) is 0 Å². The van der Waals surface area contributed by atoms with Gasteiger partial charge in [-0.25, -0.2) is 4.98 Å². The number of nitrogens with zero attached hydrogens (tertiary/aromatic N) is 1. The van der Waals surface area contributed by atoms with Gasteiger partial charge < -0.3 is 9.72 Å². The third-order valence-electron chi connectivity index (χ3n) is 2.84. The molecule has 0 spiro atoms. The van der Waals surface area contributed by atoms with E-state index in [1.54, 1.807) is 18.2 Å². The highest BCUT2D eigenvalue weighted by Gasteiger charge is 2.33. The van der Waals surface area contributed by atoms with E-state index in [-0.39, 0.29) is 5.82 Å². The predicted octanol–water partition coefficient (Wildman–Crippen LogP) is 3.03. The molecular formula is C12H9F3N2O. The largest absolute Gasteiger partial charge is 0.493 e. The first-order chi connectivity index (χ1) is 8.54. The van der Waals surface area contributed by atoms with Gasteiger partial charge in [-0.05, 0) is 23.8 Å². The fourth-order valence-corrected chi connectivity index (χ4v) is 1.95. The smallest absolute Gasteiger partial charge is 0.432 e. The fraction of sp³-hybridized carbons (Fsp3) is 0.250. The number of ether oxygens (including phenoxy) is 1. The third-order valence-corrected chi connectivity index (χ3v) is 2.84. The first kappa shape index (κ1) is 11.1. The summed E-state index contributed by atoms with van der Waals surface area (Å²) in [5.41, 5.74) is 0.793. The van der Waals surface area contributed by atoms with Crippen LogP contribution in [0.1, 0.15) is 11.3 Å². The molecule has 0 amide bonds. The number of benzene rings is 1. The maximum Gasteiger partial charge on any atom is 0.432 e. The summed E-state index contributed by atoms with van der Waals surface area (Å²) in [5, 5.41) is 0. The van der Waals surface area contributed by atoms with Crippen LogP contribution in [0.4, 0.5) is 13.2 Å². The predicted molar refractivity (Wildman–Crippen MR) is 58.2 cm³/mol. The van der Waals surface area contributed by atoms with Gasteiger partial charge in [0, 0.05) is 12.0 Å². The molecule has 0 atom stereocenters. The molecule has 1 aliphatic rings. The Morgan fingerprint density at radius 2 is 2.11 bits per heavy atom. The standard InChI is InChI=1S/C12H9F3N2O/c13-12(14,15)10-6-16-11(17-10)8-1-2-9-7(5-8)3-4-18-9/h1-2,5-6H,3-4H2,(H,16,17). The maximum atomic E-state index is 12.4. The first-order valence-electron chi connectivity index (χ1n) is 5.42. The molecule has 18 heavy (non-hydrogen) atoms. The van der Waals surface area contributed by atoms with Crippen molar-refractivity contribution in [2.75, 3.05) is 6.61 Å². The van der Waals surface area contributed by atoms with Crippen LogP contribution in [0.25, 0.3) is 11.4 Å². The number of hydrogen-bond donors (Lipinski definition) is 1. The Hall–Kier alpha value is -1.98. The van der Waals surface area contributed by atoms with Crippen LogP contribution in [-0.2, 0) is 12.6 Å². The molecule has 2 heterocycles. The Kier molecular flexibility index (Phi) is 2.33. The normalized spacial score (nSPS) is 14.4. The van der Waals surface area contributed by atoms with Crippen molar-refractivity contribution in [3.05, 3.63) is 35.7 Å². The lowest BCUT2D eigenvalue weighted by Crippen LogP contribution is -2.04. The molecule has 0 saturated carbocycles. The van der Waals surface area contributed by atoms with Crippen molar-refractivity contribution in [2.45, 2.75) is 12.6 Å². The molecule has 0 unspecified atom stereocenters. The second-order valence-electron chi connectivity index (χ2n) is 4.06. The van der Waals surface area contributed by atoms with Gasteiger partial charge in [-0.2, -0.15) is 13.2 Å². The van der Waals surface area contributed by atoms with Crippen LogP contribution < -0.4 is 4.74 Å². The fourth-order valence-electron chi connectivity index (χ4n) is 1.95. The van der Waals surface area contributed by atoms with E-state index < -0.39 is 11.9 Å². The van der Waals surface area contributed by atoms with Gasteiger partial charge in [0.15, 0.2) is 0 Å². The number of aromatic amines is 1. The Morgan fingerprint density at radius 3 is 2.83 bits per heavy atom. The summed E-state index contributed by atoms with van der Waals surface area (Å²) in [6, 6.07) is 5.26. The van der Waals surface area contributed by atoms with Gasteiger partial charge in [-0.3, -0.25) is 0 Å². The number of H-pyrrole nitrogens is 1. The van der Waals surface area contributed by atoms with Gasteiger partial charge in [0.25, 0.3) is 0 Å². The van der Waals surface area contributed by atoms with Crippen molar-refractivity contribution in [3.63, 3.8) is 0 Å². The maximum absolute atomic E-state index is 12.4. The number of halogens is 3. The van der Waals surface area contributed by atoms with Crippen LogP contribution in [0.3, 0.4) is 0 Å². The van der Waals surface area contributed by atoms with Crippen LogP contribution in [0.5, 0.6) is 5.75 Å². The Labute approximate surface area is 101 Å². The van der Waals surface area contributed by atoms with Crippen LogP contribution >= 0.6 is 0 Å². The molecule has 3 nitrogen and oxygen atoms in total. The monoisotopic (exact) mass is 254 g/mol. The number of nitrogens with one attached hydrogen (secondary N) is 1. The summed E-state index contributed by atoms with van der Waals surface area (Å²) in [7, 11) is 0. The lowest BCUT2D eigenvalue weighted by Gasteiger charge is -2.03. The summed E-state index contributed by atoms with van der Waals surface area (Å²) in [4.78, 5) is 6.05. The number of imidazole rings is 1. The average Bonchev–Trinajstić information content (AvgIpc) is 2.96. The highest BCUT2D eigenvalue weighted by atomic mass is 19.4. The molecule has 3 rings (SSSR count). The van der Waals surface area contributed by atoms with Crippen LogP contribution in [-0.4, -0.2) is 16.6 Å². The van der Waals surface area contributed by atoms with Gasteiger partial charge in [0.1, 0.15) is 17.3 Å². The van der Waals surface area contributed by atoms with E-state index in [1.165, 1.54) is 0 Å². The van der Waals surface area contributed by atoms with Crippen molar-refractivity contribution >= 4 is 0 Å². The minimum absolute atomic E-state index is 0.219. The van der Waals surface area contributed by atoms with Crippen molar-refractivity contribution in [3.8, 4) is 17.1 Å². The molecule has 0 bridgehead atoms. The van der Waals surface area contributed by atoms with Gasteiger partial charge >= 0.3 is 6.18 Å². The summed E-state index contributed by atoms with van der Waals surface area (Å²) < 4.78 is 42.7. The number of fused-ring (bicyclic) bond motifs is 1. The van der Waals surface area contributed by atoms with Crippen molar-refractivity contribution in [1.29, 1.82) is 0 Å². The zero-order chi connectivity index (χ0) is 12.8. The third kappa shape index (κ3) is 1.83. The van der Waals surface area contributed by atoms with E-state index >= 15 is 0 Å². The summed E-state index contributed by atoms with van der Waals surface area (Å²) in [5.74, 6) is 1.01. The average molecular weight is 254 g/mol. The number of alkyl halides is 3. The second-order valence-corrected chi connectivity index (χ2v) is 4.06. The molecule has 1 aromatic heterocycles. The molecule has 0 aliphatic carbocycles. The number of aromatic nitrogens is 2. The molecule has 1 aliphatic heterocycles. The van der Waals surface area contributed by atoms with Crippen LogP contribution in [0.15, 0.2) is 24.4 Å². The second kappa shape index (κ2) is 3.76. The minimum atomic E-state index is -4.40. The first-order valence-corrected chi connectivity index (χ1v) is 5.42. The molecule has 1 N–H and O–H groups in total. The van der Waals surface area contributed by atoms with E-state index in [9.17, 15) is 13.2 Å². The van der Waals surface area contributed by atoms with E-state index in [0.717, 1.165) is 23.9 Å². The van der Waals surface area contributed by atoms with Gasteiger partial charge in [-0.1, -0.05) is 0 Å². The van der Waals surface area contributed by atoms with Crippen molar-refractivity contribution in [1.82, 2.24) is 9.97 Å². The topological polar surface area (TPSA) is 37.9 Å². The minimum Gasteiger partial charge on any atom is -0.493 e. The Bertz CT molecular complexity index is 589. The molecular weight excluding hydrogens is 245 g/mol. The SMILES string of the molecule is FC(F)(F)c1cnc(-c2ccc3c(c2)CCO3)[nH]1. The van der Waals surface area contributed by atoms with E-state index in [2.05, 4.69) is 9.97 Å². The molecule has 6 heteroatoms. The molecule has 0 fully saturated rings. The van der Waals surface area contributed by atoms with Crippen molar-refractivity contribution < 1.29 is 17.9 Å². The molecule has 0 saturated heterocycles.